The second-order valence-electron chi connectivity index (χ2n) is 5.73. The molecule has 2 fully saturated rings. The van der Waals surface area contributed by atoms with Gasteiger partial charge in [-0.25, -0.2) is 4.98 Å². The third-order valence-corrected chi connectivity index (χ3v) is 5.28. The van der Waals surface area contributed by atoms with Crippen molar-refractivity contribution in [2.24, 2.45) is 0 Å². The van der Waals surface area contributed by atoms with E-state index in [9.17, 15) is 5.11 Å². The Morgan fingerprint density at radius 1 is 1.55 bits per heavy atom. The monoisotopic (exact) mass is 321 g/mol. The molecular formula is C15H19N3O3S. The molecule has 7 heteroatoms. The first-order chi connectivity index (χ1) is 10.7. The summed E-state index contributed by atoms with van der Waals surface area (Å²) in [6.45, 7) is 3.15. The van der Waals surface area contributed by atoms with E-state index in [0.717, 1.165) is 12.4 Å². The number of rotatable bonds is 4. The molecule has 0 amide bonds. The van der Waals surface area contributed by atoms with Crippen LogP contribution in [0.25, 0.3) is 0 Å². The predicted octanol–water partition coefficient (Wildman–Crippen LogP) is 1.07. The first-order valence-corrected chi connectivity index (χ1v) is 8.32. The summed E-state index contributed by atoms with van der Waals surface area (Å²) in [6.07, 6.45) is 2.49. The Labute approximate surface area is 132 Å². The number of aromatic nitrogens is 2. The minimum Gasteiger partial charge on any atom is -0.389 e. The molecule has 4 heterocycles. The van der Waals surface area contributed by atoms with Gasteiger partial charge in [-0.05, 0) is 18.4 Å². The SMILES string of the molecule is Cc1nccn1C1C2OCC(O2)C(NCc2cccs2)C1O. The molecule has 2 aliphatic rings. The first kappa shape index (κ1) is 14.3. The summed E-state index contributed by atoms with van der Waals surface area (Å²) in [5.41, 5.74) is 0. The minimum atomic E-state index is -0.584. The third-order valence-electron chi connectivity index (χ3n) is 4.41. The molecule has 0 spiro atoms. The molecule has 118 valence electrons. The van der Waals surface area contributed by atoms with Crippen molar-refractivity contribution in [3.63, 3.8) is 0 Å². The second kappa shape index (κ2) is 5.75. The molecule has 2 aliphatic heterocycles. The van der Waals surface area contributed by atoms with E-state index < -0.39 is 12.4 Å². The van der Waals surface area contributed by atoms with Crippen LogP contribution in [0.5, 0.6) is 0 Å². The zero-order valence-electron chi connectivity index (χ0n) is 12.3. The van der Waals surface area contributed by atoms with Gasteiger partial charge in [-0.2, -0.15) is 0 Å². The van der Waals surface area contributed by atoms with Crippen molar-refractivity contribution in [1.82, 2.24) is 14.9 Å². The highest BCUT2D eigenvalue weighted by Gasteiger charge is 2.50. The first-order valence-electron chi connectivity index (χ1n) is 7.44. The largest absolute Gasteiger partial charge is 0.389 e. The Morgan fingerprint density at radius 3 is 3.18 bits per heavy atom. The van der Waals surface area contributed by atoms with Gasteiger partial charge in [-0.3, -0.25) is 0 Å². The molecule has 2 aromatic heterocycles. The van der Waals surface area contributed by atoms with Gasteiger partial charge in [0.05, 0.1) is 18.8 Å². The number of nitrogens with zero attached hydrogens (tertiary/aromatic N) is 2. The van der Waals surface area contributed by atoms with E-state index in [-0.39, 0.29) is 18.2 Å². The van der Waals surface area contributed by atoms with Crippen molar-refractivity contribution in [3.05, 3.63) is 40.6 Å². The molecule has 2 aromatic rings. The van der Waals surface area contributed by atoms with Crippen molar-refractivity contribution < 1.29 is 14.6 Å². The van der Waals surface area contributed by atoms with Gasteiger partial charge in [0.1, 0.15) is 18.0 Å². The number of aliphatic hydroxyl groups is 1. The Bertz CT molecular complexity index is 630. The number of hydrogen-bond donors (Lipinski definition) is 2. The maximum atomic E-state index is 10.9. The number of nitrogens with one attached hydrogen (secondary N) is 1. The zero-order valence-corrected chi connectivity index (χ0v) is 13.1. The average molecular weight is 321 g/mol. The number of imidazole rings is 1. The fourth-order valence-corrected chi connectivity index (χ4v) is 3.94. The maximum absolute atomic E-state index is 10.9. The maximum Gasteiger partial charge on any atom is 0.181 e. The molecule has 0 aliphatic carbocycles. The van der Waals surface area contributed by atoms with Crippen LogP contribution in [-0.2, 0) is 16.0 Å². The van der Waals surface area contributed by atoms with E-state index in [0.29, 0.717) is 6.61 Å². The smallest absolute Gasteiger partial charge is 0.181 e. The number of ether oxygens (including phenoxy) is 2. The van der Waals surface area contributed by atoms with Gasteiger partial charge in [0.2, 0.25) is 0 Å². The molecular weight excluding hydrogens is 302 g/mol. The van der Waals surface area contributed by atoms with Crippen LogP contribution in [0.4, 0.5) is 0 Å². The van der Waals surface area contributed by atoms with Crippen molar-refractivity contribution in [1.29, 1.82) is 0 Å². The van der Waals surface area contributed by atoms with E-state index in [4.69, 9.17) is 9.47 Å². The molecule has 0 saturated carbocycles. The number of hydrogen-bond acceptors (Lipinski definition) is 6. The standard InChI is InChI=1S/C15H19N3O3S/c1-9-16-4-5-18(9)13-14(19)12(11-8-20-15(13)21-11)17-7-10-3-2-6-22-10/h2-6,11-15,17,19H,7-8H2,1H3. The molecule has 2 bridgehead atoms. The van der Waals surface area contributed by atoms with E-state index >= 15 is 0 Å². The van der Waals surface area contributed by atoms with Gasteiger partial charge in [-0.15, -0.1) is 11.3 Å². The molecule has 0 aromatic carbocycles. The number of aryl methyl sites for hydroxylation is 1. The molecule has 6 nitrogen and oxygen atoms in total. The lowest BCUT2D eigenvalue weighted by Gasteiger charge is -2.39. The van der Waals surface area contributed by atoms with Crippen LogP contribution < -0.4 is 5.32 Å². The number of thiophene rings is 1. The highest BCUT2D eigenvalue weighted by molar-refractivity contribution is 7.09. The summed E-state index contributed by atoms with van der Waals surface area (Å²) >= 11 is 1.70. The highest BCUT2D eigenvalue weighted by Crippen LogP contribution is 2.36. The van der Waals surface area contributed by atoms with Crippen LogP contribution in [-0.4, -0.2) is 45.8 Å². The summed E-state index contributed by atoms with van der Waals surface area (Å²) in [7, 11) is 0. The number of aliphatic hydroxyl groups excluding tert-OH is 1. The van der Waals surface area contributed by atoms with Crippen LogP contribution in [0.3, 0.4) is 0 Å². The Kier molecular flexibility index (Phi) is 3.75. The van der Waals surface area contributed by atoms with Gasteiger partial charge in [0.15, 0.2) is 6.29 Å². The Morgan fingerprint density at radius 2 is 2.45 bits per heavy atom. The fraction of sp³-hybridized carbons (Fsp3) is 0.533. The van der Waals surface area contributed by atoms with Crippen molar-refractivity contribution in [3.8, 4) is 0 Å². The van der Waals surface area contributed by atoms with Crippen LogP contribution in [0, 0.1) is 6.92 Å². The van der Waals surface area contributed by atoms with Gasteiger partial charge in [0, 0.05) is 23.8 Å². The highest BCUT2D eigenvalue weighted by atomic mass is 32.1. The van der Waals surface area contributed by atoms with Crippen molar-refractivity contribution >= 4 is 11.3 Å². The van der Waals surface area contributed by atoms with Gasteiger partial charge >= 0.3 is 0 Å². The Hall–Kier alpha value is -1.25. The van der Waals surface area contributed by atoms with Crippen LogP contribution in [0.15, 0.2) is 29.9 Å². The summed E-state index contributed by atoms with van der Waals surface area (Å²) in [5, 5.41) is 16.4. The minimum absolute atomic E-state index is 0.111. The van der Waals surface area contributed by atoms with Gasteiger partial charge < -0.3 is 24.5 Å². The topological polar surface area (TPSA) is 68.5 Å². The third kappa shape index (κ3) is 2.39. The van der Waals surface area contributed by atoms with Crippen molar-refractivity contribution in [2.75, 3.05) is 6.61 Å². The summed E-state index contributed by atoms with van der Waals surface area (Å²) in [5.74, 6) is 0.846. The normalized spacial score (nSPS) is 34.2. The van der Waals surface area contributed by atoms with Gasteiger partial charge in [0.25, 0.3) is 0 Å². The van der Waals surface area contributed by atoms with Crippen LogP contribution in [0.1, 0.15) is 16.7 Å². The summed E-state index contributed by atoms with van der Waals surface area (Å²) in [6, 6.07) is 3.68. The fourth-order valence-electron chi connectivity index (χ4n) is 3.28. The van der Waals surface area contributed by atoms with Gasteiger partial charge in [-0.1, -0.05) is 6.07 Å². The summed E-state index contributed by atoms with van der Waals surface area (Å²) < 4.78 is 13.6. The van der Waals surface area contributed by atoms with E-state index in [2.05, 4.69) is 21.7 Å². The molecule has 4 rings (SSSR count). The molecule has 2 saturated heterocycles. The average Bonchev–Trinajstić information content (AvgIpc) is 3.22. The lowest BCUT2D eigenvalue weighted by Crippen LogP contribution is -2.57. The van der Waals surface area contributed by atoms with Crippen LogP contribution >= 0.6 is 11.3 Å². The molecule has 5 unspecified atom stereocenters. The molecule has 2 N–H and O–H groups in total. The van der Waals surface area contributed by atoms with Crippen molar-refractivity contribution in [2.45, 2.75) is 44.1 Å². The lowest BCUT2D eigenvalue weighted by atomic mass is 9.95. The Balaban J connectivity index is 1.55. The zero-order chi connectivity index (χ0) is 15.1. The van der Waals surface area contributed by atoms with Crippen LogP contribution in [0.2, 0.25) is 0 Å². The molecule has 22 heavy (non-hydrogen) atoms. The summed E-state index contributed by atoms with van der Waals surface area (Å²) in [4.78, 5) is 5.48. The van der Waals surface area contributed by atoms with E-state index in [1.165, 1.54) is 4.88 Å². The second-order valence-corrected chi connectivity index (χ2v) is 6.76. The number of fused-ring (bicyclic) bond motifs is 2. The van der Waals surface area contributed by atoms with E-state index in [1.807, 2.05) is 23.8 Å². The predicted molar refractivity (Wildman–Crippen MR) is 81.6 cm³/mol. The lowest BCUT2D eigenvalue weighted by molar-refractivity contribution is -0.165. The molecule has 0 radical (unpaired) electrons. The molecule has 5 atom stereocenters. The quantitative estimate of drug-likeness (QED) is 0.882. The van der Waals surface area contributed by atoms with E-state index in [1.54, 1.807) is 17.5 Å².